The summed E-state index contributed by atoms with van der Waals surface area (Å²) in [7, 11) is 3.67. The number of aromatic nitrogens is 1. The molecule has 2 atom stereocenters. The maximum absolute atomic E-state index is 14.9. The number of pyridine rings is 1. The normalized spacial score (nSPS) is 17.7. The van der Waals surface area contributed by atoms with Crippen LogP contribution in [-0.4, -0.2) is 47.8 Å². The minimum Gasteiger partial charge on any atom is -0.491 e. The molecule has 0 radical (unpaired) electrons. The number of benzene rings is 1. The van der Waals surface area contributed by atoms with E-state index in [0.29, 0.717) is 29.1 Å². The molecule has 8 heteroatoms. The minimum atomic E-state index is -1.40. The van der Waals surface area contributed by atoms with Gasteiger partial charge in [-0.25, -0.2) is 4.39 Å². The molecule has 0 aliphatic carbocycles. The Hall–Kier alpha value is -3.32. The summed E-state index contributed by atoms with van der Waals surface area (Å²) in [4.78, 5) is 13.9. The number of nitrogens with one attached hydrogen (secondary N) is 2. The average molecular weight is 585 g/mol. The lowest BCUT2D eigenvalue weighted by atomic mass is 9.83. The van der Waals surface area contributed by atoms with Gasteiger partial charge in [-0.15, -0.1) is 0 Å². The fourth-order valence-corrected chi connectivity index (χ4v) is 5.02. The second-order valence-electron chi connectivity index (χ2n) is 10.9. The van der Waals surface area contributed by atoms with Crippen LogP contribution in [0.25, 0.3) is 5.57 Å². The van der Waals surface area contributed by atoms with E-state index >= 15 is 0 Å². The van der Waals surface area contributed by atoms with Crippen LogP contribution in [0.3, 0.4) is 0 Å². The van der Waals surface area contributed by atoms with Crippen LogP contribution < -0.4 is 10.9 Å². The Morgan fingerprint density at radius 3 is 2.61 bits per heavy atom. The van der Waals surface area contributed by atoms with E-state index < -0.39 is 5.67 Å². The number of nitrogens with zero attached hydrogens (tertiary/aromatic N) is 2. The number of hydrogen-bond donors (Lipinski definition) is 2. The summed E-state index contributed by atoms with van der Waals surface area (Å²) in [5, 5.41) is 8.10. The van der Waals surface area contributed by atoms with Gasteiger partial charge in [0, 0.05) is 43.0 Å². The van der Waals surface area contributed by atoms with Crippen molar-refractivity contribution in [2.75, 3.05) is 26.1 Å². The number of carbonyl (C=O) groups is 1. The molecule has 0 saturated carbocycles. The Balaban J connectivity index is 0.000000408. The van der Waals surface area contributed by atoms with Crippen molar-refractivity contribution in [3.63, 3.8) is 0 Å². The Morgan fingerprint density at radius 1 is 1.34 bits per heavy atom. The highest BCUT2D eigenvalue weighted by molar-refractivity contribution is 6.30. The molecular formula is C33H46ClFN4O2. The number of alkyl halides is 1. The maximum Gasteiger partial charge on any atom is 0.152 e. The maximum atomic E-state index is 14.9. The van der Waals surface area contributed by atoms with Crippen LogP contribution in [0.4, 0.5) is 4.39 Å². The quantitative estimate of drug-likeness (QED) is 0.330. The number of halogens is 2. The topological polar surface area (TPSA) is 70.3 Å². The van der Waals surface area contributed by atoms with Gasteiger partial charge >= 0.3 is 0 Å². The third-order valence-corrected chi connectivity index (χ3v) is 7.48. The molecule has 224 valence electrons. The third kappa shape index (κ3) is 9.63. The van der Waals surface area contributed by atoms with Gasteiger partial charge in [0.25, 0.3) is 0 Å². The Kier molecular flexibility index (Phi) is 12.9. The van der Waals surface area contributed by atoms with Crippen molar-refractivity contribution in [2.24, 2.45) is 5.92 Å². The van der Waals surface area contributed by atoms with Crippen LogP contribution in [-0.2, 0) is 22.4 Å². The van der Waals surface area contributed by atoms with Crippen LogP contribution in [0.15, 0.2) is 67.2 Å². The minimum absolute atomic E-state index is 0.0816. The highest BCUT2D eigenvalue weighted by atomic mass is 35.5. The van der Waals surface area contributed by atoms with E-state index in [2.05, 4.69) is 18.9 Å². The standard InChI is InChI=1S/C24H31ClFNO2.C9H15N3/c1-7-9-20-21-13-19(25)11-10-17(21)12-18(24(4,5)26)15-29-23(20)14-27(6)22(8-2)16(3)28;1-3-4-8-5-6-9(10)12(7-8)11-2/h7,9-11,13-14,18,22H,1,8,12,15H2,2-6H3;5-7,10-11H,3-4H2,1-2H3/b20-9-,23-14+;. The highest BCUT2D eigenvalue weighted by Crippen LogP contribution is 2.37. The summed E-state index contributed by atoms with van der Waals surface area (Å²) < 4.78 is 22.7. The number of ether oxygens (including phenoxy) is 1. The second-order valence-corrected chi connectivity index (χ2v) is 11.3. The summed E-state index contributed by atoms with van der Waals surface area (Å²) in [6, 6.07) is 9.20. The lowest BCUT2D eigenvalue weighted by Gasteiger charge is -2.32. The van der Waals surface area contributed by atoms with Gasteiger partial charge in [-0.1, -0.05) is 62.7 Å². The molecule has 0 saturated heterocycles. The first kappa shape index (κ1) is 33.9. The molecule has 0 spiro atoms. The van der Waals surface area contributed by atoms with Gasteiger partial charge in [-0.3, -0.25) is 14.9 Å². The van der Waals surface area contributed by atoms with E-state index in [0.717, 1.165) is 29.5 Å². The summed E-state index contributed by atoms with van der Waals surface area (Å²) in [5.41, 5.74) is 5.99. The summed E-state index contributed by atoms with van der Waals surface area (Å²) >= 11 is 6.29. The van der Waals surface area contributed by atoms with Crippen molar-refractivity contribution < 1.29 is 13.9 Å². The summed E-state index contributed by atoms with van der Waals surface area (Å²) in [6.45, 7) is 12.9. The molecule has 1 aliphatic rings. The molecule has 2 aromatic rings. The number of likely N-dealkylation sites (N-methyl/N-ethyl adjacent to an activating group) is 1. The predicted octanol–water partition coefficient (Wildman–Crippen LogP) is 7.08. The summed E-state index contributed by atoms with van der Waals surface area (Å²) in [6.07, 6.45) is 10.8. The molecule has 2 unspecified atom stereocenters. The number of carbonyl (C=O) groups excluding carboxylic acids is 1. The molecular weight excluding hydrogens is 539 g/mol. The first-order valence-corrected chi connectivity index (χ1v) is 14.6. The Morgan fingerprint density at radius 2 is 2.05 bits per heavy atom. The van der Waals surface area contributed by atoms with E-state index in [1.165, 1.54) is 5.56 Å². The van der Waals surface area contributed by atoms with Gasteiger partial charge in [-0.2, -0.15) is 0 Å². The van der Waals surface area contributed by atoms with Crippen LogP contribution in [0.1, 0.15) is 64.2 Å². The molecule has 2 heterocycles. The molecule has 1 aromatic heterocycles. The molecule has 2 N–H and O–H groups in total. The van der Waals surface area contributed by atoms with Gasteiger partial charge in [-0.05, 0) is 74.9 Å². The largest absolute Gasteiger partial charge is 0.491 e. The number of ketones is 1. The van der Waals surface area contributed by atoms with Crippen molar-refractivity contribution in [2.45, 2.75) is 72.0 Å². The first-order chi connectivity index (χ1) is 19.4. The van der Waals surface area contributed by atoms with E-state index in [1.807, 2.05) is 74.7 Å². The molecule has 3 rings (SSSR count). The number of aryl methyl sites for hydroxylation is 1. The second kappa shape index (κ2) is 15.6. The van der Waals surface area contributed by atoms with Crippen LogP contribution >= 0.6 is 11.6 Å². The van der Waals surface area contributed by atoms with Crippen molar-refractivity contribution in [1.29, 1.82) is 5.41 Å². The van der Waals surface area contributed by atoms with E-state index in [-0.39, 0.29) is 24.3 Å². The number of rotatable bonds is 9. The fourth-order valence-electron chi connectivity index (χ4n) is 4.84. The van der Waals surface area contributed by atoms with Crippen molar-refractivity contribution in [3.8, 4) is 0 Å². The SMILES string of the molecule is C=C/C=C1\C(=C/N(C)C(CC)C(C)=O)OCC(C(C)(C)F)Cc2ccc(Cl)cc21.CCCc1ccc(=N)n(NC)c1. The number of Topliss-reactive ketones (excluding diaryl/α,β-unsaturated/α-hetero) is 1. The van der Waals surface area contributed by atoms with E-state index in [1.54, 1.807) is 31.5 Å². The molecule has 0 bridgehead atoms. The Labute approximate surface area is 250 Å². The molecule has 1 aliphatic heterocycles. The zero-order valence-corrected chi connectivity index (χ0v) is 26.3. The average Bonchev–Trinajstić information content (AvgIpc) is 2.90. The number of allylic oxidation sites excluding steroid dienone is 3. The molecule has 41 heavy (non-hydrogen) atoms. The Bertz CT molecular complexity index is 1310. The van der Waals surface area contributed by atoms with Crippen LogP contribution in [0.2, 0.25) is 5.02 Å². The van der Waals surface area contributed by atoms with Crippen LogP contribution in [0, 0.1) is 11.3 Å². The van der Waals surface area contributed by atoms with Gasteiger partial charge in [0.1, 0.15) is 16.9 Å². The highest BCUT2D eigenvalue weighted by Gasteiger charge is 2.33. The smallest absolute Gasteiger partial charge is 0.152 e. The monoisotopic (exact) mass is 584 g/mol. The number of fused-ring (bicyclic) bond motifs is 1. The lowest BCUT2D eigenvalue weighted by Crippen LogP contribution is -2.35. The van der Waals surface area contributed by atoms with Crippen molar-refractivity contribution >= 4 is 23.0 Å². The zero-order valence-electron chi connectivity index (χ0n) is 25.6. The third-order valence-electron chi connectivity index (χ3n) is 7.25. The fraction of sp³-hybridized carbons (Fsp3) is 0.455. The molecule has 1 aromatic carbocycles. The molecule has 6 nitrogen and oxygen atoms in total. The van der Waals surface area contributed by atoms with E-state index in [4.69, 9.17) is 21.7 Å². The summed E-state index contributed by atoms with van der Waals surface area (Å²) in [5.74, 6) is 0.332. The van der Waals surface area contributed by atoms with Crippen LogP contribution in [0.5, 0.6) is 0 Å². The van der Waals surface area contributed by atoms with Crippen molar-refractivity contribution in [3.05, 3.63) is 94.4 Å². The van der Waals surface area contributed by atoms with Gasteiger partial charge < -0.3 is 15.1 Å². The molecule has 0 fully saturated rings. The van der Waals surface area contributed by atoms with Gasteiger partial charge in [0.15, 0.2) is 5.78 Å². The first-order valence-electron chi connectivity index (χ1n) is 14.2. The van der Waals surface area contributed by atoms with Gasteiger partial charge in [0.2, 0.25) is 0 Å². The zero-order chi connectivity index (χ0) is 30.7. The van der Waals surface area contributed by atoms with Crippen molar-refractivity contribution in [1.82, 2.24) is 9.58 Å². The van der Waals surface area contributed by atoms with E-state index in [9.17, 15) is 9.18 Å². The predicted molar refractivity (Wildman–Crippen MR) is 168 cm³/mol. The lowest BCUT2D eigenvalue weighted by molar-refractivity contribution is -0.121. The number of hydrogen-bond acceptors (Lipinski definition) is 5. The van der Waals surface area contributed by atoms with Gasteiger partial charge in [0.05, 0.1) is 12.6 Å². The molecule has 0 amide bonds.